The molecule has 3 aromatic carbocycles. The number of benzene rings is 3. The molecule has 0 aliphatic carbocycles. The highest BCUT2D eigenvalue weighted by Gasteiger charge is 2.12. The summed E-state index contributed by atoms with van der Waals surface area (Å²) < 4.78 is 0. The zero-order chi connectivity index (χ0) is 15.5. The van der Waals surface area contributed by atoms with Crippen molar-refractivity contribution >= 4 is 17.2 Å². The third kappa shape index (κ3) is 2.69. The van der Waals surface area contributed by atoms with E-state index in [1.165, 1.54) is 0 Å². The minimum absolute atomic E-state index is 0.0720. The Morgan fingerprint density at radius 2 is 1.45 bits per heavy atom. The van der Waals surface area contributed by atoms with Gasteiger partial charge >= 0.3 is 0 Å². The van der Waals surface area contributed by atoms with Crippen molar-refractivity contribution in [1.82, 2.24) is 0 Å². The van der Waals surface area contributed by atoms with E-state index in [-0.39, 0.29) is 5.78 Å². The van der Waals surface area contributed by atoms with Crippen LogP contribution in [0, 0.1) is 0 Å². The van der Waals surface area contributed by atoms with Crippen LogP contribution in [-0.2, 0) is 0 Å². The number of hydrogen-bond donors (Lipinski definition) is 2. The van der Waals surface area contributed by atoms with Crippen LogP contribution in [0.2, 0.25) is 0 Å². The van der Waals surface area contributed by atoms with E-state index in [2.05, 4.69) is 0 Å². The molecule has 0 fully saturated rings. The maximum Gasteiger partial charge on any atom is 0.195 e. The van der Waals surface area contributed by atoms with Gasteiger partial charge in [0, 0.05) is 22.5 Å². The predicted octanol–water partition coefficient (Wildman–Crippen LogP) is 3.75. The molecule has 0 saturated heterocycles. The number of rotatable bonds is 3. The van der Waals surface area contributed by atoms with E-state index in [0.29, 0.717) is 22.5 Å². The van der Waals surface area contributed by atoms with Crippen molar-refractivity contribution in [3.8, 4) is 11.1 Å². The summed E-state index contributed by atoms with van der Waals surface area (Å²) in [5.41, 5.74) is 16.1. The lowest BCUT2D eigenvalue weighted by molar-refractivity contribution is 0.103. The first-order valence-electron chi connectivity index (χ1n) is 7.00. The molecule has 3 aromatic rings. The smallest absolute Gasteiger partial charge is 0.195 e. The van der Waals surface area contributed by atoms with Crippen LogP contribution in [0.25, 0.3) is 11.1 Å². The molecule has 0 amide bonds. The Morgan fingerprint density at radius 1 is 0.727 bits per heavy atom. The van der Waals surface area contributed by atoms with Crippen molar-refractivity contribution in [1.29, 1.82) is 0 Å². The SMILES string of the molecule is Nc1cccc(-c2ccc(C(=O)c3ccccc3)c(N)c2)c1. The summed E-state index contributed by atoms with van der Waals surface area (Å²) in [6, 6.07) is 22.2. The topological polar surface area (TPSA) is 69.1 Å². The lowest BCUT2D eigenvalue weighted by Gasteiger charge is -2.09. The van der Waals surface area contributed by atoms with Crippen molar-refractivity contribution in [2.45, 2.75) is 0 Å². The van der Waals surface area contributed by atoms with Crippen LogP contribution in [0.5, 0.6) is 0 Å². The molecular weight excluding hydrogens is 272 g/mol. The standard InChI is InChI=1S/C19H16N2O/c20-16-8-4-7-14(11-16)15-9-10-17(18(21)12-15)19(22)13-5-2-1-3-6-13/h1-12H,20-21H2. The van der Waals surface area contributed by atoms with Gasteiger partial charge in [0.15, 0.2) is 5.78 Å². The van der Waals surface area contributed by atoms with Gasteiger partial charge in [-0.15, -0.1) is 0 Å². The fourth-order valence-corrected chi connectivity index (χ4v) is 2.41. The van der Waals surface area contributed by atoms with Crippen LogP contribution in [0.15, 0.2) is 72.8 Å². The average molecular weight is 288 g/mol. The quantitative estimate of drug-likeness (QED) is 0.569. The van der Waals surface area contributed by atoms with E-state index in [4.69, 9.17) is 11.5 Å². The Hall–Kier alpha value is -3.07. The first-order valence-corrected chi connectivity index (χ1v) is 7.00. The highest BCUT2D eigenvalue weighted by atomic mass is 16.1. The summed E-state index contributed by atoms with van der Waals surface area (Å²) in [7, 11) is 0. The van der Waals surface area contributed by atoms with Gasteiger partial charge in [-0.1, -0.05) is 48.5 Å². The fourth-order valence-electron chi connectivity index (χ4n) is 2.41. The molecule has 0 aromatic heterocycles. The summed E-state index contributed by atoms with van der Waals surface area (Å²) in [6.07, 6.45) is 0. The monoisotopic (exact) mass is 288 g/mol. The van der Waals surface area contributed by atoms with E-state index in [0.717, 1.165) is 11.1 Å². The lowest BCUT2D eigenvalue weighted by atomic mass is 9.97. The number of nitrogens with two attached hydrogens (primary N) is 2. The van der Waals surface area contributed by atoms with Crippen LogP contribution in [0.4, 0.5) is 11.4 Å². The molecule has 0 saturated carbocycles. The first kappa shape index (κ1) is 13.9. The molecule has 0 bridgehead atoms. The van der Waals surface area contributed by atoms with Crippen LogP contribution < -0.4 is 11.5 Å². The highest BCUT2D eigenvalue weighted by molar-refractivity contribution is 6.12. The molecule has 0 spiro atoms. The Labute approximate surface area is 129 Å². The molecule has 0 unspecified atom stereocenters. The van der Waals surface area contributed by atoms with Crippen molar-refractivity contribution in [2.24, 2.45) is 0 Å². The van der Waals surface area contributed by atoms with Crippen LogP contribution in [0.3, 0.4) is 0 Å². The number of carbonyl (C=O) groups excluding carboxylic acids is 1. The lowest BCUT2D eigenvalue weighted by Crippen LogP contribution is -2.05. The number of ketones is 1. The number of anilines is 2. The van der Waals surface area contributed by atoms with Crippen LogP contribution in [0.1, 0.15) is 15.9 Å². The first-order chi connectivity index (χ1) is 10.6. The molecule has 22 heavy (non-hydrogen) atoms. The molecule has 0 aliphatic rings. The molecule has 0 aliphatic heterocycles. The summed E-state index contributed by atoms with van der Waals surface area (Å²) in [5.74, 6) is -0.0720. The van der Waals surface area contributed by atoms with Gasteiger partial charge in [0.25, 0.3) is 0 Å². The highest BCUT2D eigenvalue weighted by Crippen LogP contribution is 2.26. The third-order valence-corrected chi connectivity index (χ3v) is 3.55. The van der Waals surface area contributed by atoms with Crippen molar-refractivity contribution in [2.75, 3.05) is 11.5 Å². The molecule has 4 N–H and O–H groups in total. The maximum absolute atomic E-state index is 12.5. The Balaban J connectivity index is 1.98. The van der Waals surface area contributed by atoms with E-state index < -0.39 is 0 Å². The Kier molecular flexibility index (Phi) is 3.62. The van der Waals surface area contributed by atoms with Gasteiger partial charge in [0.2, 0.25) is 0 Å². The second-order valence-corrected chi connectivity index (χ2v) is 5.12. The molecule has 108 valence electrons. The summed E-state index contributed by atoms with van der Waals surface area (Å²) in [4.78, 5) is 12.5. The Morgan fingerprint density at radius 3 is 2.14 bits per heavy atom. The molecule has 0 atom stereocenters. The third-order valence-electron chi connectivity index (χ3n) is 3.55. The van der Waals surface area contributed by atoms with Gasteiger partial charge in [-0.25, -0.2) is 0 Å². The second-order valence-electron chi connectivity index (χ2n) is 5.12. The number of carbonyl (C=O) groups is 1. The minimum atomic E-state index is -0.0720. The minimum Gasteiger partial charge on any atom is -0.399 e. The van der Waals surface area contributed by atoms with Crippen molar-refractivity contribution in [3.05, 3.63) is 83.9 Å². The summed E-state index contributed by atoms with van der Waals surface area (Å²) in [6.45, 7) is 0. The predicted molar refractivity (Wildman–Crippen MR) is 90.6 cm³/mol. The van der Waals surface area contributed by atoms with E-state index in [1.807, 2.05) is 54.6 Å². The van der Waals surface area contributed by atoms with Crippen molar-refractivity contribution < 1.29 is 4.79 Å². The van der Waals surface area contributed by atoms with Gasteiger partial charge in [0.05, 0.1) is 0 Å². The molecule has 3 rings (SSSR count). The molecule has 0 heterocycles. The van der Waals surface area contributed by atoms with Gasteiger partial charge in [-0.05, 0) is 35.4 Å². The summed E-state index contributed by atoms with van der Waals surface area (Å²) >= 11 is 0. The van der Waals surface area contributed by atoms with Gasteiger partial charge in [-0.3, -0.25) is 4.79 Å². The van der Waals surface area contributed by atoms with Gasteiger partial charge < -0.3 is 11.5 Å². The van der Waals surface area contributed by atoms with Gasteiger partial charge in [0.1, 0.15) is 0 Å². The molecule has 0 radical (unpaired) electrons. The van der Waals surface area contributed by atoms with E-state index in [9.17, 15) is 4.79 Å². The zero-order valence-electron chi connectivity index (χ0n) is 12.0. The molecule has 3 nitrogen and oxygen atoms in total. The largest absolute Gasteiger partial charge is 0.399 e. The summed E-state index contributed by atoms with van der Waals surface area (Å²) in [5, 5.41) is 0. The molecule has 3 heteroatoms. The zero-order valence-corrected chi connectivity index (χ0v) is 12.0. The van der Waals surface area contributed by atoms with Gasteiger partial charge in [-0.2, -0.15) is 0 Å². The fraction of sp³-hybridized carbons (Fsp3) is 0. The van der Waals surface area contributed by atoms with Crippen LogP contribution >= 0.6 is 0 Å². The normalized spacial score (nSPS) is 10.4. The van der Waals surface area contributed by atoms with E-state index in [1.54, 1.807) is 18.2 Å². The van der Waals surface area contributed by atoms with Crippen molar-refractivity contribution in [3.63, 3.8) is 0 Å². The number of nitrogen functional groups attached to an aromatic ring is 2. The average Bonchev–Trinajstić information content (AvgIpc) is 2.55. The Bertz CT molecular complexity index is 826. The second kappa shape index (κ2) is 5.74. The van der Waals surface area contributed by atoms with Crippen LogP contribution in [-0.4, -0.2) is 5.78 Å². The molecular formula is C19H16N2O. The van der Waals surface area contributed by atoms with E-state index >= 15 is 0 Å². The maximum atomic E-state index is 12.5. The number of hydrogen-bond acceptors (Lipinski definition) is 3.